The Morgan fingerprint density at radius 3 is 2.67 bits per heavy atom. The van der Waals surface area contributed by atoms with E-state index < -0.39 is 0 Å². The van der Waals surface area contributed by atoms with Crippen molar-refractivity contribution in [2.45, 2.75) is 51.2 Å². The quantitative estimate of drug-likeness (QED) is 0.903. The second-order valence-electron chi connectivity index (χ2n) is 6.21. The summed E-state index contributed by atoms with van der Waals surface area (Å²) in [5.41, 5.74) is 1.45. The highest BCUT2D eigenvalue weighted by Gasteiger charge is 2.32. The summed E-state index contributed by atoms with van der Waals surface area (Å²) in [5, 5.41) is 2.67. The summed E-state index contributed by atoms with van der Waals surface area (Å²) in [5.74, 6) is 0.737. The lowest BCUT2D eigenvalue weighted by atomic mass is 9.81. The number of methoxy groups -OCH3 is 1. The van der Waals surface area contributed by atoms with Gasteiger partial charge in [-0.15, -0.1) is 0 Å². The van der Waals surface area contributed by atoms with E-state index in [4.69, 9.17) is 4.74 Å². The molecule has 2 saturated carbocycles. The maximum Gasteiger partial charge on any atom is 0.274 e. The third kappa shape index (κ3) is 3.02. The lowest BCUT2D eigenvalue weighted by Gasteiger charge is -2.35. The van der Waals surface area contributed by atoms with Crippen LogP contribution >= 0.6 is 0 Å². The van der Waals surface area contributed by atoms with Crippen LogP contribution in [0.15, 0.2) is 17.1 Å². The zero-order valence-corrected chi connectivity index (χ0v) is 12.6. The molecule has 0 bridgehead atoms. The fourth-order valence-electron chi connectivity index (χ4n) is 3.02. The van der Waals surface area contributed by atoms with Crippen molar-refractivity contribution in [2.24, 2.45) is 5.92 Å². The summed E-state index contributed by atoms with van der Waals surface area (Å²) in [6.45, 7) is 2.10. The third-order valence-corrected chi connectivity index (χ3v) is 4.55. The molecule has 5 nitrogen and oxygen atoms in total. The highest BCUT2D eigenvalue weighted by Crippen LogP contribution is 2.40. The Morgan fingerprint density at radius 1 is 1.38 bits per heavy atom. The lowest BCUT2D eigenvalue weighted by molar-refractivity contribution is -0.114. The topological polar surface area (TPSA) is 60.3 Å². The van der Waals surface area contributed by atoms with Crippen molar-refractivity contribution in [2.75, 3.05) is 12.4 Å². The minimum absolute atomic E-state index is 0.114. The fourth-order valence-corrected chi connectivity index (χ4v) is 3.02. The Labute approximate surface area is 124 Å². The Bertz CT molecular complexity index is 602. The van der Waals surface area contributed by atoms with Crippen LogP contribution in [0.25, 0.3) is 0 Å². The van der Waals surface area contributed by atoms with E-state index in [1.165, 1.54) is 19.8 Å². The van der Waals surface area contributed by atoms with Crippen molar-refractivity contribution >= 4 is 11.6 Å². The van der Waals surface area contributed by atoms with E-state index in [-0.39, 0.29) is 17.6 Å². The van der Waals surface area contributed by atoms with Crippen molar-refractivity contribution < 1.29 is 9.53 Å². The Kier molecular flexibility index (Phi) is 3.85. The molecule has 2 fully saturated rings. The number of nitrogens with one attached hydrogen (secondary N) is 1. The maximum atomic E-state index is 12.5. The summed E-state index contributed by atoms with van der Waals surface area (Å²) in [4.78, 5) is 23.8. The normalized spacial score (nSPS) is 24.5. The predicted molar refractivity (Wildman–Crippen MR) is 80.5 cm³/mol. The molecule has 1 amide bonds. The first kappa shape index (κ1) is 14.3. The second kappa shape index (κ2) is 5.64. The molecule has 2 aliphatic carbocycles. The Balaban J connectivity index is 1.88. The summed E-state index contributed by atoms with van der Waals surface area (Å²) >= 11 is 0. The number of ether oxygens (including phenoxy) is 1. The van der Waals surface area contributed by atoms with Gasteiger partial charge in [-0.3, -0.25) is 9.59 Å². The van der Waals surface area contributed by atoms with E-state index in [0.29, 0.717) is 24.1 Å². The molecule has 2 aliphatic rings. The van der Waals surface area contributed by atoms with E-state index in [1.807, 2.05) is 12.3 Å². The molecule has 0 aromatic carbocycles. The van der Waals surface area contributed by atoms with Crippen LogP contribution in [0, 0.1) is 5.92 Å². The van der Waals surface area contributed by atoms with Crippen molar-refractivity contribution in [3.8, 4) is 0 Å². The minimum Gasteiger partial charge on any atom is -0.381 e. The summed E-state index contributed by atoms with van der Waals surface area (Å²) in [6.07, 6.45) is 6.72. The SMILES string of the molecule is CO[C@H]1CC[C@H]1Cn1cc(C2CC2)cc(NC(C)=O)c1=O. The zero-order chi connectivity index (χ0) is 15.0. The van der Waals surface area contributed by atoms with Gasteiger partial charge in [0, 0.05) is 32.7 Å². The molecule has 0 unspecified atom stereocenters. The third-order valence-electron chi connectivity index (χ3n) is 4.55. The molecule has 0 spiro atoms. The maximum absolute atomic E-state index is 12.5. The van der Waals surface area contributed by atoms with Crippen molar-refractivity contribution in [1.29, 1.82) is 0 Å². The monoisotopic (exact) mass is 290 g/mol. The van der Waals surface area contributed by atoms with Gasteiger partial charge in [0.15, 0.2) is 0 Å². The molecule has 1 N–H and O–H groups in total. The number of hydrogen-bond donors (Lipinski definition) is 1. The van der Waals surface area contributed by atoms with E-state index in [0.717, 1.165) is 18.4 Å². The smallest absolute Gasteiger partial charge is 0.274 e. The van der Waals surface area contributed by atoms with E-state index in [1.54, 1.807) is 11.7 Å². The molecule has 0 aliphatic heterocycles. The molecular weight excluding hydrogens is 268 g/mol. The van der Waals surface area contributed by atoms with Gasteiger partial charge in [0.25, 0.3) is 5.56 Å². The molecule has 114 valence electrons. The van der Waals surface area contributed by atoms with Crippen LogP contribution in [-0.4, -0.2) is 23.7 Å². The van der Waals surface area contributed by atoms with Gasteiger partial charge in [0.05, 0.1) is 6.10 Å². The Morgan fingerprint density at radius 2 is 2.14 bits per heavy atom. The van der Waals surface area contributed by atoms with Gasteiger partial charge in [0.2, 0.25) is 5.91 Å². The number of hydrogen-bond acceptors (Lipinski definition) is 3. The molecule has 21 heavy (non-hydrogen) atoms. The molecule has 0 saturated heterocycles. The zero-order valence-electron chi connectivity index (χ0n) is 12.6. The second-order valence-corrected chi connectivity index (χ2v) is 6.21. The summed E-state index contributed by atoms with van der Waals surface area (Å²) < 4.78 is 7.17. The standard InChI is InChI=1S/C16H22N2O3/c1-10(19)17-14-7-13(11-3-4-11)9-18(16(14)20)8-12-5-6-15(12)21-2/h7,9,11-12,15H,3-6,8H2,1-2H3,(H,17,19)/t12-,15-/m0/s1. The van der Waals surface area contributed by atoms with Crippen molar-refractivity contribution in [3.63, 3.8) is 0 Å². The average Bonchev–Trinajstić information content (AvgIpc) is 3.22. The van der Waals surface area contributed by atoms with Crippen LogP contribution in [0.1, 0.15) is 44.1 Å². The number of aromatic nitrogens is 1. The minimum atomic E-state index is -0.204. The van der Waals surface area contributed by atoms with E-state index >= 15 is 0 Å². The number of carbonyl (C=O) groups excluding carboxylic acids is 1. The largest absolute Gasteiger partial charge is 0.381 e. The molecule has 1 aromatic heterocycles. The van der Waals surface area contributed by atoms with Crippen molar-refractivity contribution in [3.05, 3.63) is 28.2 Å². The van der Waals surface area contributed by atoms with Crippen LogP contribution in [-0.2, 0) is 16.1 Å². The van der Waals surface area contributed by atoms with Gasteiger partial charge in [-0.25, -0.2) is 0 Å². The number of amides is 1. The predicted octanol–water partition coefficient (Wildman–Crippen LogP) is 2.11. The number of pyridine rings is 1. The van der Waals surface area contributed by atoms with Crippen LogP contribution in [0.5, 0.6) is 0 Å². The first-order valence-corrected chi connectivity index (χ1v) is 7.63. The first-order valence-electron chi connectivity index (χ1n) is 7.63. The van der Waals surface area contributed by atoms with E-state index in [2.05, 4.69) is 5.32 Å². The average molecular weight is 290 g/mol. The van der Waals surface area contributed by atoms with Crippen LogP contribution in [0.4, 0.5) is 5.69 Å². The molecule has 1 aromatic rings. The highest BCUT2D eigenvalue weighted by atomic mass is 16.5. The van der Waals surface area contributed by atoms with Crippen LogP contribution in [0.3, 0.4) is 0 Å². The molecule has 2 atom stereocenters. The number of carbonyl (C=O) groups is 1. The first-order chi connectivity index (χ1) is 10.1. The van der Waals surface area contributed by atoms with Gasteiger partial charge in [-0.2, -0.15) is 0 Å². The molecule has 1 heterocycles. The molecule has 0 radical (unpaired) electrons. The number of anilines is 1. The molecular formula is C16H22N2O3. The highest BCUT2D eigenvalue weighted by molar-refractivity contribution is 5.88. The number of nitrogens with zero attached hydrogens (tertiary/aromatic N) is 1. The van der Waals surface area contributed by atoms with Gasteiger partial charge < -0.3 is 14.6 Å². The Hall–Kier alpha value is -1.62. The lowest BCUT2D eigenvalue weighted by Crippen LogP contribution is -2.39. The van der Waals surface area contributed by atoms with Crippen LogP contribution in [0.2, 0.25) is 0 Å². The van der Waals surface area contributed by atoms with Gasteiger partial charge in [0.1, 0.15) is 5.69 Å². The van der Waals surface area contributed by atoms with Gasteiger partial charge >= 0.3 is 0 Å². The van der Waals surface area contributed by atoms with Gasteiger partial charge in [-0.05, 0) is 43.2 Å². The number of rotatable bonds is 5. The van der Waals surface area contributed by atoms with Crippen LogP contribution < -0.4 is 10.9 Å². The van der Waals surface area contributed by atoms with Gasteiger partial charge in [-0.1, -0.05) is 0 Å². The molecule has 5 heteroatoms. The molecule has 3 rings (SSSR count). The fraction of sp³-hybridized carbons (Fsp3) is 0.625. The van der Waals surface area contributed by atoms with E-state index in [9.17, 15) is 9.59 Å². The summed E-state index contributed by atoms with van der Waals surface area (Å²) in [7, 11) is 1.73. The van der Waals surface area contributed by atoms with Crippen molar-refractivity contribution in [1.82, 2.24) is 4.57 Å². The summed E-state index contributed by atoms with van der Waals surface area (Å²) in [6, 6.07) is 1.84.